The summed E-state index contributed by atoms with van der Waals surface area (Å²) in [5, 5.41) is 3.38. The quantitative estimate of drug-likeness (QED) is 0.848. The van der Waals surface area contributed by atoms with E-state index in [1.165, 1.54) is 5.56 Å². The molecule has 2 aromatic rings. The Morgan fingerprint density at radius 2 is 1.90 bits per heavy atom. The van der Waals surface area contributed by atoms with Crippen LogP contribution in [0.5, 0.6) is 0 Å². The molecule has 21 heavy (non-hydrogen) atoms. The maximum Gasteiger partial charge on any atom is 0.0572 e. The summed E-state index contributed by atoms with van der Waals surface area (Å²) in [7, 11) is 0. The zero-order valence-corrected chi connectivity index (χ0v) is 13.1. The topological polar surface area (TPSA) is 41.0 Å². The molecule has 4 heteroatoms. The van der Waals surface area contributed by atoms with E-state index in [4.69, 9.17) is 0 Å². The van der Waals surface area contributed by atoms with Crippen LogP contribution in [0, 0.1) is 0 Å². The summed E-state index contributed by atoms with van der Waals surface area (Å²) in [6.45, 7) is 9.19. The van der Waals surface area contributed by atoms with Gasteiger partial charge in [-0.15, -0.1) is 0 Å². The lowest BCUT2D eigenvalue weighted by molar-refractivity contribution is 0.583. The zero-order valence-electron chi connectivity index (χ0n) is 13.1. The smallest absolute Gasteiger partial charge is 0.0572 e. The van der Waals surface area contributed by atoms with Gasteiger partial charge in [0.1, 0.15) is 0 Å². The van der Waals surface area contributed by atoms with E-state index >= 15 is 0 Å². The van der Waals surface area contributed by atoms with E-state index in [1.54, 1.807) is 0 Å². The van der Waals surface area contributed by atoms with Crippen molar-refractivity contribution in [3.8, 4) is 0 Å². The third-order valence-electron chi connectivity index (χ3n) is 3.59. The Balaban J connectivity index is 2.08. The Morgan fingerprint density at radius 3 is 2.48 bits per heavy atom. The number of hydrogen-bond donors (Lipinski definition) is 1. The van der Waals surface area contributed by atoms with E-state index in [9.17, 15) is 0 Å². The first-order valence-electron chi connectivity index (χ1n) is 7.57. The highest BCUT2D eigenvalue weighted by Crippen LogP contribution is 2.18. The van der Waals surface area contributed by atoms with Crippen LogP contribution in [0.4, 0.5) is 5.69 Å². The zero-order chi connectivity index (χ0) is 15.1. The van der Waals surface area contributed by atoms with Crippen LogP contribution in [0.2, 0.25) is 0 Å². The lowest BCUT2D eigenvalue weighted by Gasteiger charge is -2.23. The van der Waals surface area contributed by atoms with Gasteiger partial charge in [0.2, 0.25) is 0 Å². The second-order valence-electron chi connectivity index (χ2n) is 5.09. The van der Waals surface area contributed by atoms with Gasteiger partial charge in [-0.05, 0) is 50.2 Å². The summed E-state index contributed by atoms with van der Waals surface area (Å²) in [6.07, 6.45) is 5.64. The van der Waals surface area contributed by atoms with Crippen LogP contribution in [-0.2, 0) is 6.54 Å². The predicted octanol–water partition coefficient (Wildman–Crippen LogP) is 3.17. The standard InChI is InChI=1S/C17H24N4/c1-4-19-14(3)17-7-6-16(12-20-17)21(5-2)13-15-8-10-18-11-9-15/h6-12,14,19H,4-5,13H2,1-3H3. The van der Waals surface area contributed by atoms with E-state index < -0.39 is 0 Å². The number of nitrogens with zero attached hydrogens (tertiary/aromatic N) is 3. The lowest BCUT2D eigenvalue weighted by Crippen LogP contribution is -2.23. The minimum Gasteiger partial charge on any atom is -0.366 e. The van der Waals surface area contributed by atoms with Crippen LogP contribution in [0.3, 0.4) is 0 Å². The molecule has 2 heterocycles. The molecule has 0 saturated heterocycles. The Morgan fingerprint density at radius 1 is 1.14 bits per heavy atom. The summed E-state index contributed by atoms with van der Waals surface area (Å²) in [5.74, 6) is 0. The summed E-state index contributed by atoms with van der Waals surface area (Å²) < 4.78 is 0. The van der Waals surface area contributed by atoms with Crippen molar-refractivity contribution < 1.29 is 0 Å². The van der Waals surface area contributed by atoms with Crippen LogP contribution in [-0.4, -0.2) is 23.1 Å². The summed E-state index contributed by atoms with van der Waals surface area (Å²) in [6, 6.07) is 8.66. The molecule has 1 atom stereocenters. The highest BCUT2D eigenvalue weighted by atomic mass is 15.1. The summed E-state index contributed by atoms with van der Waals surface area (Å²) in [5.41, 5.74) is 3.50. The molecule has 2 rings (SSSR count). The predicted molar refractivity (Wildman–Crippen MR) is 87.3 cm³/mol. The second kappa shape index (κ2) is 7.74. The molecule has 0 aliphatic carbocycles. The molecule has 1 N–H and O–H groups in total. The number of anilines is 1. The van der Waals surface area contributed by atoms with E-state index in [-0.39, 0.29) is 0 Å². The van der Waals surface area contributed by atoms with Crippen LogP contribution in [0.15, 0.2) is 42.9 Å². The number of nitrogens with one attached hydrogen (secondary N) is 1. The molecule has 0 radical (unpaired) electrons. The fraction of sp³-hybridized carbons (Fsp3) is 0.412. The fourth-order valence-electron chi connectivity index (χ4n) is 2.35. The molecule has 2 aromatic heterocycles. The van der Waals surface area contributed by atoms with Gasteiger partial charge in [0.25, 0.3) is 0 Å². The largest absolute Gasteiger partial charge is 0.366 e. The van der Waals surface area contributed by atoms with Crippen molar-refractivity contribution in [3.05, 3.63) is 54.1 Å². The van der Waals surface area contributed by atoms with Gasteiger partial charge in [-0.25, -0.2) is 0 Å². The number of hydrogen-bond acceptors (Lipinski definition) is 4. The van der Waals surface area contributed by atoms with Crippen LogP contribution in [0.25, 0.3) is 0 Å². The van der Waals surface area contributed by atoms with Crippen molar-refractivity contribution in [1.82, 2.24) is 15.3 Å². The van der Waals surface area contributed by atoms with E-state index in [2.05, 4.69) is 65.2 Å². The van der Waals surface area contributed by atoms with E-state index in [0.717, 1.165) is 31.0 Å². The first-order chi connectivity index (χ1) is 10.2. The molecule has 0 aromatic carbocycles. The van der Waals surface area contributed by atoms with Crippen molar-refractivity contribution in [1.29, 1.82) is 0 Å². The Bertz CT molecular complexity index is 524. The van der Waals surface area contributed by atoms with Crippen molar-refractivity contribution in [2.75, 3.05) is 18.0 Å². The SMILES string of the molecule is CCNC(C)c1ccc(N(CC)Cc2ccncc2)cn1. The Kier molecular flexibility index (Phi) is 5.69. The molecule has 0 spiro atoms. The number of rotatable bonds is 7. The maximum absolute atomic E-state index is 4.59. The first kappa shape index (κ1) is 15.4. The van der Waals surface area contributed by atoms with Crippen molar-refractivity contribution in [2.45, 2.75) is 33.4 Å². The van der Waals surface area contributed by atoms with Crippen LogP contribution in [0.1, 0.15) is 38.1 Å². The maximum atomic E-state index is 4.59. The van der Waals surface area contributed by atoms with Gasteiger partial charge in [-0.2, -0.15) is 0 Å². The lowest BCUT2D eigenvalue weighted by atomic mass is 10.2. The van der Waals surface area contributed by atoms with E-state index in [0.29, 0.717) is 6.04 Å². The first-order valence-corrected chi connectivity index (χ1v) is 7.57. The van der Waals surface area contributed by atoms with Gasteiger partial charge >= 0.3 is 0 Å². The fourth-order valence-corrected chi connectivity index (χ4v) is 2.35. The van der Waals surface area contributed by atoms with Gasteiger partial charge in [-0.3, -0.25) is 9.97 Å². The van der Waals surface area contributed by atoms with Crippen LogP contribution >= 0.6 is 0 Å². The van der Waals surface area contributed by atoms with Gasteiger partial charge in [0.15, 0.2) is 0 Å². The normalized spacial score (nSPS) is 12.1. The summed E-state index contributed by atoms with van der Waals surface area (Å²) >= 11 is 0. The third-order valence-corrected chi connectivity index (χ3v) is 3.59. The second-order valence-corrected chi connectivity index (χ2v) is 5.09. The molecular weight excluding hydrogens is 260 g/mol. The minimum atomic E-state index is 0.291. The highest BCUT2D eigenvalue weighted by Gasteiger charge is 2.08. The number of pyridine rings is 2. The molecule has 112 valence electrons. The molecule has 0 fully saturated rings. The molecule has 0 aliphatic heterocycles. The average Bonchev–Trinajstić information content (AvgIpc) is 2.54. The Labute approximate surface area is 127 Å². The summed E-state index contributed by atoms with van der Waals surface area (Å²) in [4.78, 5) is 11.0. The number of aromatic nitrogens is 2. The van der Waals surface area contributed by atoms with Crippen molar-refractivity contribution in [2.24, 2.45) is 0 Å². The van der Waals surface area contributed by atoms with Crippen molar-refractivity contribution >= 4 is 5.69 Å². The molecule has 0 aliphatic rings. The van der Waals surface area contributed by atoms with E-state index in [1.807, 2.05) is 18.6 Å². The van der Waals surface area contributed by atoms with Gasteiger partial charge in [0.05, 0.1) is 17.6 Å². The Hall–Kier alpha value is -1.94. The minimum absolute atomic E-state index is 0.291. The molecule has 0 bridgehead atoms. The van der Waals surface area contributed by atoms with Gasteiger partial charge < -0.3 is 10.2 Å². The van der Waals surface area contributed by atoms with Gasteiger partial charge in [-0.1, -0.05) is 6.92 Å². The molecular formula is C17H24N4. The highest BCUT2D eigenvalue weighted by molar-refractivity contribution is 5.45. The average molecular weight is 284 g/mol. The van der Waals surface area contributed by atoms with Crippen LogP contribution < -0.4 is 10.2 Å². The molecule has 0 saturated carbocycles. The van der Waals surface area contributed by atoms with Crippen molar-refractivity contribution in [3.63, 3.8) is 0 Å². The molecule has 4 nitrogen and oxygen atoms in total. The third kappa shape index (κ3) is 4.26. The monoisotopic (exact) mass is 284 g/mol. The van der Waals surface area contributed by atoms with Gasteiger partial charge in [0, 0.05) is 31.5 Å². The molecule has 1 unspecified atom stereocenters. The molecule has 0 amide bonds.